The molecule has 1 aromatic carbocycles. The topological polar surface area (TPSA) is 80.7 Å². The molecule has 2 rings (SSSR count). The van der Waals surface area contributed by atoms with Gasteiger partial charge in [0.15, 0.2) is 5.84 Å². The van der Waals surface area contributed by atoms with E-state index >= 15 is 0 Å². The summed E-state index contributed by atoms with van der Waals surface area (Å²) in [6.07, 6.45) is 1.51. The van der Waals surface area contributed by atoms with Crippen LogP contribution in [0.4, 0.5) is 4.39 Å². The summed E-state index contributed by atoms with van der Waals surface area (Å²) in [5.74, 6) is 0.113. The van der Waals surface area contributed by atoms with Gasteiger partial charge in [-0.05, 0) is 36.4 Å². The van der Waals surface area contributed by atoms with E-state index in [2.05, 4.69) is 10.1 Å². The van der Waals surface area contributed by atoms with Crippen LogP contribution in [0.1, 0.15) is 5.56 Å². The number of benzene rings is 1. The molecule has 0 fully saturated rings. The van der Waals surface area contributed by atoms with Gasteiger partial charge in [-0.2, -0.15) is 0 Å². The molecule has 0 aliphatic carbocycles. The van der Waals surface area contributed by atoms with Crippen LogP contribution in [-0.4, -0.2) is 16.0 Å². The molecule has 2 aromatic rings. The van der Waals surface area contributed by atoms with Gasteiger partial charge in [0.05, 0.1) is 5.56 Å². The zero-order valence-corrected chi connectivity index (χ0v) is 9.25. The summed E-state index contributed by atoms with van der Waals surface area (Å²) in [6.45, 7) is 0. The fourth-order valence-corrected chi connectivity index (χ4v) is 1.34. The highest BCUT2D eigenvalue weighted by Crippen LogP contribution is 2.22. The predicted molar refractivity (Wildman–Crippen MR) is 63.2 cm³/mol. The number of hydrogen-bond donors (Lipinski definition) is 2. The molecular formula is C12H10FN3O2. The SMILES string of the molecule is N/C(=N\O)c1cccnc1Oc1ccc(F)cc1. The first-order chi connectivity index (χ1) is 8.70. The second kappa shape index (κ2) is 5.13. The van der Waals surface area contributed by atoms with Gasteiger partial charge in [-0.25, -0.2) is 9.37 Å². The van der Waals surface area contributed by atoms with Crippen LogP contribution < -0.4 is 10.5 Å². The molecule has 0 amide bonds. The third kappa shape index (κ3) is 2.54. The number of oxime groups is 1. The molecule has 1 aromatic heterocycles. The maximum Gasteiger partial charge on any atom is 0.230 e. The van der Waals surface area contributed by atoms with E-state index in [-0.39, 0.29) is 17.5 Å². The normalized spacial score (nSPS) is 11.3. The molecule has 0 aliphatic heterocycles. The highest BCUT2D eigenvalue weighted by Gasteiger charge is 2.10. The zero-order chi connectivity index (χ0) is 13.0. The summed E-state index contributed by atoms with van der Waals surface area (Å²) in [5, 5.41) is 11.5. The fourth-order valence-electron chi connectivity index (χ4n) is 1.34. The molecule has 92 valence electrons. The lowest BCUT2D eigenvalue weighted by molar-refractivity contribution is 0.318. The van der Waals surface area contributed by atoms with Crippen molar-refractivity contribution in [2.75, 3.05) is 0 Å². The average molecular weight is 247 g/mol. The summed E-state index contributed by atoms with van der Waals surface area (Å²) in [5.41, 5.74) is 5.84. The van der Waals surface area contributed by atoms with Crippen molar-refractivity contribution in [3.8, 4) is 11.6 Å². The van der Waals surface area contributed by atoms with Crippen molar-refractivity contribution in [2.45, 2.75) is 0 Å². The van der Waals surface area contributed by atoms with Crippen molar-refractivity contribution in [1.29, 1.82) is 0 Å². The predicted octanol–water partition coefficient (Wildman–Crippen LogP) is 2.11. The Balaban J connectivity index is 2.32. The molecule has 6 heteroatoms. The zero-order valence-electron chi connectivity index (χ0n) is 9.25. The standard InChI is InChI=1S/C12H10FN3O2/c13-8-3-5-9(6-4-8)18-12-10(11(14)16-17)2-1-7-15-12/h1-7,17H,(H2,14,16). The van der Waals surface area contributed by atoms with Crippen molar-refractivity contribution < 1.29 is 14.3 Å². The van der Waals surface area contributed by atoms with Crippen LogP contribution in [0, 0.1) is 5.82 Å². The Morgan fingerprint density at radius 3 is 2.67 bits per heavy atom. The summed E-state index contributed by atoms with van der Waals surface area (Å²) >= 11 is 0. The molecule has 18 heavy (non-hydrogen) atoms. The van der Waals surface area contributed by atoms with E-state index in [1.807, 2.05) is 0 Å². The van der Waals surface area contributed by atoms with Crippen molar-refractivity contribution in [3.63, 3.8) is 0 Å². The van der Waals surface area contributed by atoms with Crippen molar-refractivity contribution >= 4 is 5.84 Å². The van der Waals surface area contributed by atoms with Crippen molar-refractivity contribution in [3.05, 3.63) is 54.0 Å². The Morgan fingerprint density at radius 1 is 1.28 bits per heavy atom. The van der Waals surface area contributed by atoms with Gasteiger partial charge in [0.25, 0.3) is 0 Å². The van der Waals surface area contributed by atoms with Gasteiger partial charge < -0.3 is 15.7 Å². The van der Waals surface area contributed by atoms with E-state index < -0.39 is 0 Å². The van der Waals surface area contributed by atoms with Crippen LogP contribution in [0.3, 0.4) is 0 Å². The molecule has 0 radical (unpaired) electrons. The summed E-state index contributed by atoms with van der Waals surface area (Å²) in [7, 11) is 0. The number of nitrogens with two attached hydrogens (primary N) is 1. The van der Waals surface area contributed by atoms with Gasteiger partial charge in [0.2, 0.25) is 5.88 Å². The molecule has 3 N–H and O–H groups in total. The highest BCUT2D eigenvalue weighted by molar-refractivity contribution is 5.99. The minimum atomic E-state index is -0.361. The molecule has 0 bridgehead atoms. The molecule has 0 unspecified atom stereocenters. The van der Waals surface area contributed by atoms with Crippen LogP contribution in [0.25, 0.3) is 0 Å². The smallest absolute Gasteiger partial charge is 0.230 e. The Labute approximate surface area is 102 Å². The largest absolute Gasteiger partial charge is 0.438 e. The van der Waals surface area contributed by atoms with E-state index in [4.69, 9.17) is 15.7 Å². The molecule has 0 atom stereocenters. The maximum atomic E-state index is 12.7. The number of amidine groups is 1. The van der Waals surface area contributed by atoms with E-state index in [0.29, 0.717) is 11.3 Å². The second-order valence-electron chi connectivity index (χ2n) is 3.40. The van der Waals surface area contributed by atoms with Crippen LogP contribution in [0.5, 0.6) is 11.6 Å². The maximum absolute atomic E-state index is 12.7. The molecule has 0 spiro atoms. The first-order valence-electron chi connectivity index (χ1n) is 5.07. The van der Waals surface area contributed by atoms with Crippen LogP contribution in [0.15, 0.2) is 47.8 Å². The summed E-state index contributed by atoms with van der Waals surface area (Å²) in [4.78, 5) is 3.98. The fraction of sp³-hybridized carbons (Fsp3) is 0. The van der Waals surface area contributed by atoms with E-state index in [1.165, 1.54) is 30.5 Å². The molecular weight excluding hydrogens is 237 g/mol. The molecule has 0 saturated heterocycles. The molecule has 0 saturated carbocycles. The number of nitrogens with zero attached hydrogens (tertiary/aromatic N) is 2. The third-order valence-corrected chi connectivity index (χ3v) is 2.18. The minimum absolute atomic E-state index is 0.111. The van der Waals surface area contributed by atoms with Crippen molar-refractivity contribution in [1.82, 2.24) is 4.98 Å². The molecule has 0 aliphatic rings. The monoisotopic (exact) mass is 247 g/mol. The number of ether oxygens (including phenoxy) is 1. The third-order valence-electron chi connectivity index (χ3n) is 2.18. The lowest BCUT2D eigenvalue weighted by Gasteiger charge is -2.08. The quantitative estimate of drug-likeness (QED) is 0.376. The van der Waals surface area contributed by atoms with Crippen LogP contribution >= 0.6 is 0 Å². The molecule has 5 nitrogen and oxygen atoms in total. The first kappa shape index (κ1) is 11.8. The number of rotatable bonds is 3. The van der Waals surface area contributed by atoms with Gasteiger partial charge in [0, 0.05) is 6.20 Å². The van der Waals surface area contributed by atoms with E-state index in [0.717, 1.165) is 0 Å². The lowest BCUT2D eigenvalue weighted by Crippen LogP contribution is -2.14. The minimum Gasteiger partial charge on any atom is -0.438 e. The van der Waals surface area contributed by atoms with E-state index in [9.17, 15) is 4.39 Å². The van der Waals surface area contributed by atoms with Crippen LogP contribution in [0.2, 0.25) is 0 Å². The highest BCUT2D eigenvalue weighted by atomic mass is 19.1. The Hall–Kier alpha value is -2.63. The lowest BCUT2D eigenvalue weighted by atomic mass is 10.2. The van der Waals surface area contributed by atoms with Gasteiger partial charge in [-0.3, -0.25) is 0 Å². The van der Waals surface area contributed by atoms with E-state index in [1.54, 1.807) is 12.1 Å². The Morgan fingerprint density at radius 2 is 2.00 bits per heavy atom. The number of hydrogen-bond acceptors (Lipinski definition) is 4. The molecule has 1 heterocycles. The summed E-state index contributed by atoms with van der Waals surface area (Å²) in [6, 6.07) is 8.68. The van der Waals surface area contributed by atoms with Crippen molar-refractivity contribution in [2.24, 2.45) is 10.9 Å². The van der Waals surface area contributed by atoms with Crippen LogP contribution in [-0.2, 0) is 0 Å². The first-order valence-corrected chi connectivity index (χ1v) is 5.07. The summed E-state index contributed by atoms with van der Waals surface area (Å²) < 4.78 is 18.2. The van der Waals surface area contributed by atoms with Gasteiger partial charge >= 0.3 is 0 Å². The average Bonchev–Trinajstić information content (AvgIpc) is 2.41. The van der Waals surface area contributed by atoms with Gasteiger partial charge in [-0.15, -0.1) is 0 Å². The number of pyridine rings is 1. The Bertz CT molecular complexity index is 570. The van der Waals surface area contributed by atoms with Gasteiger partial charge in [0.1, 0.15) is 11.6 Å². The number of halogens is 1. The second-order valence-corrected chi connectivity index (χ2v) is 3.40. The Kier molecular flexibility index (Phi) is 3.38. The number of aromatic nitrogens is 1. The van der Waals surface area contributed by atoms with Gasteiger partial charge in [-0.1, -0.05) is 5.16 Å².